The first-order valence-electron chi connectivity index (χ1n) is 7.52. The van der Waals surface area contributed by atoms with Crippen molar-refractivity contribution < 1.29 is 9.53 Å². The van der Waals surface area contributed by atoms with Crippen LogP contribution >= 0.6 is 0 Å². The van der Waals surface area contributed by atoms with Crippen molar-refractivity contribution in [2.45, 2.75) is 53.5 Å². The van der Waals surface area contributed by atoms with E-state index in [9.17, 15) is 4.79 Å². The van der Waals surface area contributed by atoms with E-state index in [4.69, 9.17) is 4.74 Å². The van der Waals surface area contributed by atoms with Crippen molar-refractivity contribution in [3.8, 4) is 5.75 Å². The Morgan fingerprint density at radius 3 is 2.43 bits per heavy atom. The third kappa shape index (κ3) is 6.06. The first kappa shape index (κ1) is 17.3. The summed E-state index contributed by atoms with van der Waals surface area (Å²) in [5.41, 5.74) is 3.36. The molecule has 0 aliphatic carbocycles. The van der Waals surface area contributed by atoms with E-state index in [1.165, 1.54) is 11.1 Å². The van der Waals surface area contributed by atoms with E-state index in [-0.39, 0.29) is 11.6 Å². The molecule has 1 aromatic rings. The van der Waals surface area contributed by atoms with Gasteiger partial charge in [0.05, 0.1) is 6.61 Å². The van der Waals surface area contributed by atoms with E-state index >= 15 is 0 Å². The largest absolute Gasteiger partial charge is 0.494 e. The molecule has 0 saturated carbocycles. The lowest BCUT2D eigenvalue weighted by atomic mass is 10.0. The Labute approximate surface area is 128 Å². The molecule has 2 amide bonds. The molecule has 4 heteroatoms. The van der Waals surface area contributed by atoms with Crippen LogP contribution in [0, 0.1) is 13.8 Å². The van der Waals surface area contributed by atoms with Gasteiger partial charge in [-0.15, -0.1) is 0 Å². The third-order valence-corrected chi connectivity index (χ3v) is 3.10. The lowest BCUT2D eigenvalue weighted by Crippen LogP contribution is -2.46. The zero-order valence-corrected chi connectivity index (χ0v) is 14.1. The highest BCUT2D eigenvalue weighted by Gasteiger charge is 2.13. The number of carbonyl (C=O) groups is 1. The van der Waals surface area contributed by atoms with E-state index in [0.717, 1.165) is 17.7 Å². The third-order valence-electron chi connectivity index (χ3n) is 3.10. The van der Waals surface area contributed by atoms with Gasteiger partial charge in [0.25, 0.3) is 0 Å². The second-order valence-electron chi connectivity index (χ2n) is 6.36. The number of urea groups is 1. The molecule has 0 aromatic heterocycles. The molecule has 0 atom stereocenters. The number of nitrogens with one attached hydrogen (secondary N) is 2. The summed E-state index contributed by atoms with van der Waals surface area (Å²) in [6.07, 6.45) is 0.816. The molecule has 0 aliphatic rings. The van der Waals surface area contributed by atoms with E-state index in [0.29, 0.717) is 13.2 Å². The van der Waals surface area contributed by atoms with Gasteiger partial charge in [0.15, 0.2) is 0 Å². The number of rotatable bonds is 5. The van der Waals surface area contributed by atoms with Crippen LogP contribution in [0.15, 0.2) is 12.1 Å². The summed E-state index contributed by atoms with van der Waals surface area (Å²) in [6, 6.07) is 4.09. The summed E-state index contributed by atoms with van der Waals surface area (Å²) in [5, 5.41) is 5.78. The van der Waals surface area contributed by atoms with Crippen LogP contribution in [0.2, 0.25) is 0 Å². The Morgan fingerprint density at radius 2 is 1.86 bits per heavy atom. The maximum atomic E-state index is 11.7. The van der Waals surface area contributed by atoms with Gasteiger partial charge in [0.1, 0.15) is 5.75 Å². The average Bonchev–Trinajstić information content (AvgIpc) is 2.33. The maximum Gasteiger partial charge on any atom is 0.315 e. The summed E-state index contributed by atoms with van der Waals surface area (Å²) >= 11 is 0. The van der Waals surface area contributed by atoms with E-state index in [1.807, 2.05) is 34.6 Å². The minimum absolute atomic E-state index is 0.122. The molecule has 0 spiro atoms. The predicted molar refractivity (Wildman–Crippen MR) is 87.1 cm³/mol. The van der Waals surface area contributed by atoms with Gasteiger partial charge in [-0.1, -0.05) is 6.07 Å². The van der Waals surface area contributed by atoms with E-state index in [2.05, 4.69) is 29.7 Å². The molecule has 0 bridgehead atoms. The van der Waals surface area contributed by atoms with Crippen LogP contribution < -0.4 is 15.4 Å². The lowest BCUT2D eigenvalue weighted by molar-refractivity contribution is 0.232. The minimum Gasteiger partial charge on any atom is -0.494 e. The molecular weight excluding hydrogens is 264 g/mol. The molecule has 4 nitrogen and oxygen atoms in total. The van der Waals surface area contributed by atoms with Crippen molar-refractivity contribution in [3.63, 3.8) is 0 Å². The summed E-state index contributed by atoms with van der Waals surface area (Å²) in [5.74, 6) is 0.942. The number of amides is 2. The van der Waals surface area contributed by atoms with E-state index in [1.54, 1.807) is 0 Å². The Hall–Kier alpha value is -1.71. The van der Waals surface area contributed by atoms with Gasteiger partial charge in [0, 0.05) is 12.1 Å². The average molecular weight is 292 g/mol. The SMILES string of the molecule is CCOc1cc(C)c(CCNC(=O)NC(C)(C)C)cc1C. The van der Waals surface area contributed by atoms with Gasteiger partial charge < -0.3 is 15.4 Å². The monoisotopic (exact) mass is 292 g/mol. The number of ether oxygens (including phenoxy) is 1. The van der Waals surface area contributed by atoms with Crippen molar-refractivity contribution >= 4 is 6.03 Å². The van der Waals surface area contributed by atoms with Crippen molar-refractivity contribution in [2.24, 2.45) is 0 Å². The molecule has 0 aliphatic heterocycles. The summed E-state index contributed by atoms with van der Waals surface area (Å²) in [4.78, 5) is 11.7. The van der Waals surface area contributed by atoms with Gasteiger partial charge in [-0.2, -0.15) is 0 Å². The normalized spacial score (nSPS) is 11.1. The highest BCUT2D eigenvalue weighted by atomic mass is 16.5. The van der Waals surface area contributed by atoms with Crippen LogP contribution in [0.25, 0.3) is 0 Å². The minimum atomic E-state index is -0.213. The Balaban J connectivity index is 2.56. The van der Waals surface area contributed by atoms with Crippen molar-refractivity contribution in [1.82, 2.24) is 10.6 Å². The molecule has 0 heterocycles. The number of hydrogen-bond acceptors (Lipinski definition) is 2. The summed E-state index contributed by atoms with van der Waals surface area (Å²) < 4.78 is 5.59. The molecule has 0 saturated heterocycles. The van der Waals surface area contributed by atoms with Crippen LogP contribution in [0.5, 0.6) is 5.75 Å². The molecule has 1 rings (SSSR count). The van der Waals surface area contributed by atoms with Crippen LogP contribution in [0.1, 0.15) is 44.4 Å². The zero-order valence-electron chi connectivity index (χ0n) is 14.1. The molecule has 21 heavy (non-hydrogen) atoms. The Morgan fingerprint density at radius 1 is 1.19 bits per heavy atom. The Bertz CT molecular complexity index is 490. The first-order chi connectivity index (χ1) is 9.73. The second kappa shape index (κ2) is 7.34. The molecule has 1 aromatic carbocycles. The smallest absolute Gasteiger partial charge is 0.315 e. The number of benzene rings is 1. The van der Waals surface area contributed by atoms with Gasteiger partial charge in [0.2, 0.25) is 0 Å². The highest BCUT2D eigenvalue weighted by molar-refractivity contribution is 5.74. The molecular formula is C17H28N2O2. The van der Waals surface area contributed by atoms with Crippen molar-refractivity contribution in [1.29, 1.82) is 0 Å². The molecule has 118 valence electrons. The first-order valence-corrected chi connectivity index (χ1v) is 7.52. The van der Waals surface area contributed by atoms with E-state index < -0.39 is 0 Å². The fourth-order valence-corrected chi connectivity index (χ4v) is 2.13. The number of aryl methyl sites for hydroxylation is 2. The molecule has 0 unspecified atom stereocenters. The quantitative estimate of drug-likeness (QED) is 0.874. The van der Waals surface area contributed by atoms with Crippen LogP contribution in [-0.4, -0.2) is 24.7 Å². The summed E-state index contributed by atoms with van der Waals surface area (Å²) in [6.45, 7) is 13.3. The lowest BCUT2D eigenvalue weighted by Gasteiger charge is -2.21. The van der Waals surface area contributed by atoms with Crippen molar-refractivity contribution in [3.05, 3.63) is 28.8 Å². The standard InChI is InChI=1S/C17H28N2O2/c1-7-21-15-11-12(2)14(10-13(15)3)8-9-18-16(20)19-17(4,5)6/h10-11H,7-9H2,1-6H3,(H2,18,19,20). The summed E-state index contributed by atoms with van der Waals surface area (Å²) in [7, 11) is 0. The van der Waals surface area contributed by atoms with Gasteiger partial charge in [-0.05, 0) is 70.7 Å². The predicted octanol–water partition coefficient (Wildman–Crippen LogP) is 3.34. The zero-order chi connectivity index (χ0) is 16.0. The topological polar surface area (TPSA) is 50.4 Å². The van der Waals surface area contributed by atoms with Crippen LogP contribution in [0.3, 0.4) is 0 Å². The second-order valence-corrected chi connectivity index (χ2v) is 6.36. The van der Waals surface area contributed by atoms with Crippen molar-refractivity contribution in [2.75, 3.05) is 13.2 Å². The highest BCUT2D eigenvalue weighted by Crippen LogP contribution is 2.23. The van der Waals surface area contributed by atoms with Gasteiger partial charge in [-0.3, -0.25) is 0 Å². The molecule has 0 radical (unpaired) electrons. The van der Waals surface area contributed by atoms with Crippen LogP contribution in [-0.2, 0) is 6.42 Å². The molecule has 2 N–H and O–H groups in total. The van der Waals surface area contributed by atoms with Crippen LogP contribution in [0.4, 0.5) is 4.79 Å². The van der Waals surface area contributed by atoms with Gasteiger partial charge >= 0.3 is 6.03 Å². The number of carbonyl (C=O) groups excluding carboxylic acids is 1. The van der Waals surface area contributed by atoms with Gasteiger partial charge in [-0.25, -0.2) is 4.79 Å². The fourth-order valence-electron chi connectivity index (χ4n) is 2.13. The fraction of sp³-hybridized carbons (Fsp3) is 0.588. The maximum absolute atomic E-state index is 11.7. The Kier molecular flexibility index (Phi) is 6.06. The molecule has 0 fully saturated rings. The number of hydrogen-bond donors (Lipinski definition) is 2.